The fourth-order valence-electron chi connectivity index (χ4n) is 0.612. The zero-order valence-electron chi connectivity index (χ0n) is 7.13. The summed E-state index contributed by atoms with van der Waals surface area (Å²) in [6, 6.07) is 0. The van der Waals surface area contributed by atoms with Crippen molar-refractivity contribution in [3.8, 4) is 0 Å². The Morgan fingerprint density at radius 3 is 1.60 bits per heavy atom. The van der Waals surface area contributed by atoms with Gasteiger partial charge in [0.1, 0.15) is 0 Å². The summed E-state index contributed by atoms with van der Waals surface area (Å²) in [4.78, 5) is 8.36. The average molecular weight is 146 g/mol. The topological polar surface area (TPSA) is 37.3 Å². The molecule has 0 saturated heterocycles. The Balaban J connectivity index is 0. The molecule has 62 valence electrons. The van der Waals surface area contributed by atoms with Crippen molar-refractivity contribution in [1.82, 2.24) is 0 Å². The van der Waals surface area contributed by atoms with Gasteiger partial charge in [-0.1, -0.05) is 40.0 Å². The molecule has 10 heavy (non-hydrogen) atoms. The Morgan fingerprint density at radius 2 is 1.60 bits per heavy atom. The molecule has 0 amide bonds. The molecule has 1 N–H and O–H groups in total. The monoisotopic (exact) mass is 146 g/mol. The van der Waals surface area contributed by atoms with Crippen molar-refractivity contribution in [2.45, 2.75) is 40.0 Å². The predicted molar refractivity (Wildman–Crippen MR) is 43.1 cm³/mol. The largest absolute Gasteiger partial charge is 0.483 e. The van der Waals surface area contributed by atoms with Gasteiger partial charge in [0.05, 0.1) is 0 Å². The second-order valence-corrected chi connectivity index (χ2v) is 2.14. The Hall–Kier alpha value is -0.530. The number of hydrogen-bond donors (Lipinski definition) is 1. The smallest absolute Gasteiger partial charge is 0.290 e. The standard InChI is InChI=1S/C5H10.C2H6.CH2O2/c1-5-3-2-4-5;1-2;2-1-3/h5H,2-4H2,1H3;1-2H3;1H,(H,2,3). The maximum Gasteiger partial charge on any atom is 0.290 e. The van der Waals surface area contributed by atoms with E-state index in [4.69, 9.17) is 9.90 Å². The summed E-state index contributed by atoms with van der Waals surface area (Å²) in [5, 5.41) is 6.89. The number of carbonyl (C=O) groups is 1. The van der Waals surface area contributed by atoms with E-state index >= 15 is 0 Å². The van der Waals surface area contributed by atoms with E-state index < -0.39 is 0 Å². The van der Waals surface area contributed by atoms with E-state index in [1.807, 2.05) is 13.8 Å². The van der Waals surface area contributed by atoms with Gasteiger partial charge in [-0.05, 0) is 5.92 Å². The first-order valence-electron chi connectivity index (χ1n) is 3.89. The molecule has 1 fully saturated rings. The normalized spacial score (nSPS) is 14.7. The minimum Gasteiger partial charge on any atom is -0.483 e. The fourth-order valence-corrected chi connectivity index (χ4v) is 0.612. The van der Waals surface area contributed by atoms with Gasteiger partial charge in [0.2, 0.25) is 0 Å². The lowest BCUT2D eigenvalue weighted by atomic mass is 9.88. The minimum atomic E-state index is -0.250. The van der Waals surface area contributed by atoms with E-state index in [0.29, 0.717) is 0 Å². The van der Waals surface area contributed by atoms with Crippen LogP contribution < -0.4 is 0 Å². The highest BCUT2D eigenvalue weighted by Crippen LogP contribution is 2.24. The highest BCUT2D eigenvalue weighted by Gasteiger charge is 2.09. The molecule has 0 bridgehead atoms. The SMILES string of the molecule is CC.CC1CCC1.O=CO. The lowest BCUT2D eigenvalue weighted by Crippen LogP contribution is -2.04. The Bertz CT molecular complexity index is 58.3. The van der Waals surface area contributed by atoms with Crippen molar-refractivity contribution >= 4 is 6.47 Å². The van der Waals surface area contributed by atoms with Crippen molar-refractivity contribution < 1.29 is 9.90 Å². The van der Waals surface area contributed by atoms with Gasteiger partial charge >= 0.3 is 0 Å². The molecule has 0 unspecified atom stereocenters. The molecule has 2 nitrogen and oxygen atoms in total. The van der Waals surface area contributed by atoms with E-state index in [9.17, 15) is 0 Å². The molecule has 0 aliphatic heterocycles. The third-order valence-corrected chi connectivity index (χ3v) is 1.39. The van der Waals surface area contributed by atoms with Crippen LogP contribution in [0.4, 0.5) is 0 Å². The zero-order valence-corrected chi connectivity index (χ0v) is 7.13. The van der Waals surface area contributed by atoms with E-state index in [-0.39, 0.29) is 6.47 Å². The summed E-state index contributed by atoms with van der Waals surface area (Å²) >= 11 is 0. The van der Waals surface area contributed by atoms with Crippen LogP contribution in [0.5, 0.6) is 0 Å². The number of carboxylic acid groups (broad SMARTS) is 1. The molecule has 0 aromatic heterocycles. The summed E-state index contributed by atoms with van der Waals surface area (Å²) in [6.07, 6.45) is 4.46. The average Bonchev–Trinajstić information content (AvgIpc) is 1.90. The highest BCUT2D eigenvalue weighted by atomic mass is 16.3. The molecule has 0 aromatic rings. The molecular formula is C8H18O2. The quantitative estimate of drug-likeness (QED) is 0.533. The molecule has 0 aromatic carbocycles. The van der Waals surface area contributed by atoms with E-state index in [0.717, 1.165) is 5.92 Å². The lowest BCUT2D eigenvalue weighted by Gasteiger charge is -2.18. The van der Waals surface area contributed by atoms with Crippen LogP contribution in [-0.2, 0) is 4.79 Å². The van der Waals surface area contributed by atoms with Crippen LogP contribution in [0.15, 0.2) is 0 Å². The third kappa shape index (κ3) is 10.5. The fraction of sp³-hybridized carbons (Fsp3) is 0.875. The third-order valence-electron chi connectivity index (χ3n) is 1.39. The molecule has 0 spiro atoms. The van der Waals surface area contributed by atoms with Gasteiger partial charge < -0.3 is 5.11 Å². The second kappa shape index (κ2) is 11.3. The van der Waals surface area contributed by atoms with Gasteiger partial charge in [0.15, 0.2) is 0 Å². The van der Waals surface area contributed by atoms with Gasteiger partial charge in [0.25, 0.3) is 6.47 Å². The summed E-state index contributed by atoms with van der Waals surface area (Å²) in [6.45, 7) is 6.06. The lowest BCUT2D eigenvalue weighted by molar-refractivity contribution is -0.122. The molecule has 1 aliphatic rings. The van der Waals surface area contributed by atoms with Crippen LogP contribution in [0.3, 0.4) is 0 Å². The van der Waals surface area contributed by atoms with Crippen molar-refractivity contribution in [3.05, 3.63) is 0 Å². The molecule has 1 aliphatic carbocycles. The van der Waals surface area contributed by atoms with Gasteiger partial charge in [-0.15, -0.1) is 0 Å². The number of rotatable bonds is 0. The predicted octanol–water partition coefficient (Wildman–Crippen LogP) is 2.53. The maximum atomic E-state index is 8.36. The highest BCUT2D eigenvalue weighted by molar-refractivity contribution is 5.32. The first-order valence-corrected chi connectivity index (χ1v) is 3.89. The van der Waals surface area contributed by atoms with E-state index in [2.05, 4.69) is 6.92 Å². The molecule has 2 heteroatoms. The van der Waals surface area contributed by atoms with E-state index in [1.54, 1.807) is 0 Å². The van der Waals surface area contributed by atoms with E-state index in [1.165, 1.54) is 19.3 Å². The summed E-state index contributed by atoms with van der Waals surface area (Å²) in [5.74, 6) is 1.06. The number of hydrogen-bond acceptors (Lipinski definition) is 1. The van der Waals surface area contributed by atoms with Crippen LogP contribution in [0.1, 0.15) is 40.0 Å². The Labute approximate surface area is 63.3 Å². The first-order chi connectivity index (χ1) is 4.81. The molecule has 1 saturated carbocycles. The van der Waals surface area contributed by atoms with Gasteiger partial charge in [-0.3, -0.25) is 4.79 Å². The van der Waals surface area contributed by atoms with Gasteiger partial charge in [-0.2, -0.15) is 0 Å². The summed E-state index contributed by atoms with van der Waals surface area (Å²) in [7, 11) is 0. The first kappa shape index (κ1) is 12.2. The van der Waals surface area contributed by atoms with Crippen LogP contribution >= 0.6 is 0 Å². The van der Waals surface area contributed by atoms with Crippen molar-refractivity contribution in [3.63, 3.8) is 0 Å². The zero-order chi connectivity index (χ0) is 8.41. The summed E-state index contributed by atoms with van der Waals surface area (Å²) in [5.41, 5.74) is 0. The van der Waals surface area contributed by atoms with Crippen LogP contribution in [0.25, 0.3) is 0 Å². The Kier molecular flexibility index (Phi) is 13.7. The van der Waals surface area contributed by atoms with Gasteiger partial charge in [0, 0.05) is 0 Å². The van der Waals surface area contributed by atoms with Crippen LogP contribution in [0.2, 0.25) is 0 Å². The summed E-state index contributed by atoms with van der Waals surface area (Å²) < 4.78 is 0. The van der Waals surface area contributed by atoms with Crippen LogP contribution in [0, 0.1) is 5.92 Å². The second-order valence-electron chi connectivity index (χ2n) is 2.14. The van der Waals surface area contributed by atoms with Crippen LogP contribution in [-0.4, -0.2) is 11.6 Å². The van der Waals surface area contributed by atoms with Gasteiger partial charge in [-0.25, -0.2) is 0 Å². The van der Waals surface area contributed by atoms with Crippen molar-refractivity contribution in [1.29, 1.82) is 0 Å². The minimum absolute atomic E-state index is 0.250. The molecule has 0 atom stereocenters. The molecule has 0 radical (unpaired) electrons. The van der Waals surface area contributed by atoms with Crippen molar-refractivity contribution in [2.24, 2.45) is 5.92 Å². The molecule has 1 rings (SSSR count). The molecular weight excluding hydrogens is 128 g/mol. The maximum absolute atomic E-state index is 8.36. The van der Waals surface area contributed by atoms with Crippen molar-refractivity contribution in [2.75, 3.05) is 0 Å². The Morgan fingerprint density at radius 1 is 1.40 bits per heavy atom. The molecule has 0 heterocycles.